The lowest BCUT2D eigenvalue weighted by atomic mass is 9.90. The first-order valence-corrected chi connectivity index (χ1v) is 7.93. The van der Waals surface area contributed by atoms with Crippen LogP contribution in [0.5, 0.6) is 0 Å². The van der Waals surface area contributed by atoms with Gasteiger partial charge in [-0.05, 0) is 36.8 Å². The average Bonchev–Trinajstić information content (AvgIpc) is 2.58. The topological polar surface area (TPSA) is 71.9 Å². The fourth-order valence-electron chi connectivity index (χ4n) is 2.49. The molecule has 0 radical (unpaired) electrons. The summed E-state index contributed by atoms with van der Waals surface area (Å²) in [6.07, 6.45) is 3.44. The Labute approximate surface area is 139 Å². The van der Waals surface area contributed by atoms with Crippen LogP contribution in [0.1, 0.15) is 18.4 Å². The lowest BCUT2D eigenvalue weighted by Gasteiger charge is -2.27. The van der Waals surface area contributed by atoms with E-state index in [0.717, 1.165) is 21.1 Å². The Morgan fingerprint density at radius 1 is 1.17 bits per heavy atom. The third-order valence-electron chi connectivity index (χ3n) is 3.56. The molecule has 3 rings (SSSR count). The van der Waals surface area contributed by atoms with Gasteiger partial charge in [-0.2, -0.15) is 5.26 Å². The second kappa shape index (κ2) is 6.59. The van der Waals surface area contributed by atoms with Gasteiger partial charge in [-0.3, -0.25) is 4.98 Å². The predicted molar refractivity (Wildman–Crippen MR) is 89.9 cm³/mol. The van der Waals surface area contributed by atoms with E-state index in [2.05, 4.69) is 11.1 Å². The van der Waals surface area contributed by atoms with E-state index in [1.807, 2.05) is 49.4 Å². The predicted octanol–water partition coefficient (Wildman–Crippen LogP) is 3.91. The first-order chi connectivity index (χ1) is 11.2. The van der Waals surface area contributed by atoms with Crippen LogP contribution in [0.25, 0.3) is 0 Å². The van der Waals surface area contributed by atoms with Crippen molar-refractivity contribution in [2.45, 2.75) is 17.7 Å². The second-order valence-corrected chi connectivity index (χ2v) is 6.16. The van der Waals surface area contributed by atoms with Crippen molar-refractivity contribution in [3.05, 3.63) is 82.5 Å². The van der Waals surface area contributed by atoms with Gasteiger partial charge < -0.3 is 10.5 Å². The number of aromatic nitrogens is 1. The van der Waals surface area contributed by atoms with Crippen molar-refractivity contribution in [1.29, 1.82) is 5.26 Å². The lowest BCUT2D eigenvalue weighted by molar-refractivity contribution is 0.285. The van der Waals surface area contributed by atoms with E-state index in [1.54, 1.807) is 24.2 Å². The molecule has 1 aliphatic rings. The highest BCUT2D eigenvalue weighted by atomic mass is 32.2. The van der Waals surface area contributed by atoms with E-state index in [1.165, 1.54) is 0 Å². The van der Waals surface area contributed by atoms with Crippen LogP contribution in [-0.2, 0) is 4.74 Å². The summed E-state index contributed by atoms with van der Waals surface area (Å²) in [5.74, 6) is 0.656. The summed E-state index contributed by atoms with van der Waals surface area (Å²) in [5.41, 5.74) is 7.34. The molecule has 0 fully saturated rings. The van der Waals surface area contributed by atoms with Gasteiger partial charge in [-0.25, -0.2) is 0 Å². The number of nitriles is 1. The number of benzene rings is 1. The van der Waals surface area contributed by atoms with Crippen molar-refractivity contribution in [2.75, 3.05) is 0 Å². The van der Waals surface area contributed by atoms with Gasteiger partial charge >= 0.3 is 0 Å². The van der Waals surface area contributed by atoms with E-state index >= 15 is 0 Å². The van der Waals surface area contributed by atoms with Gasteiger partial charge in [0.05, 0.1) is 5.92 Å². The average molecular weight is 321 g/mol. The molecule has 0 bridgehead atoms. The third-order valence-corrected chi connectivity index (χ3v) is 4.81. The van der Waals surface area contributed by atoms with Crippen LogP contribution in [-0.4, -0.2) is 4.98 Å². The number of rotatable bonds is 3. The molecule has 0 amide bonds. The maximum atomic E-state index is 9.55. The highest BCUT2D eigenvalue weighted by molar-refractivity contribution is 8.03. The summed E-state index contributed by atoms with van der Waals surface area (Å²) in [6.45, 7) is 1.88. The van der Waals surface area contributed by atoms with Crippen molar-refractivity contribution in [3.8, 4) is 6.07 Å². The van der Waals surface area contributed by atoms with Crippen molar-refractivity contribution in [3.63, 3.8) is 0 Å². The Morgan fingerprint density at radius 2 is 1.87 bits per heavy atom. The third kappa shape index (κ3) is 3.08. The van der Waals surface area contributed by atoms with Gasteiger partial charge in [-0.1, -0.05) is 30.0 Å². The first-order valence-electron chi connectivity index (χ1n) is 7.12. The standard InChI is InChI=1S/C18H15N3OS/c1-12-17(23-14-5-3-2-4-6-14)16(13-7-9-21-10-8-13)15(11-19)18(20)22-12/h2-10,16H,20H2,1H3. The van der Waals surface area contributed by atoms with Crippen LogP contribution < -0.4 is 5.73 Å². The number of hydrogen-bond acceptors (Lipinski definition) is 5. The molecule has 1 aliphatic heterocycles. The molecule has 0 saturated carbocycles. The summed E-state index contributed by atoms with van der Waals surface area (Å²) >= 11 is 1.59. The highest BCUT2D eigenvalue weighted by Crippen LogP contribution is 2.46. The van der Waals surface area contributed by atoms with Crippen LogP contribution in [0.15, 0.2) is 81.9 Å². The number of hydrogen-bond donors (Lipinski definition) is 1. The zero-order valence-electron chi connectivity index (χ0n) is 12.6. The first kappa shape index (κ1) is 15.2. The molecule has 4 nitrogen and oxygen atoms in total. The van der Waals surface area contributed by atoms with Gasteiger partial charge in [0.15, 0.2) is 0 Å². The number of ether oxygens (including phenoxy) is 1. The van der Waals surface area contributed by atoms with Crippen LogP contribution in [0.2, 0.25) is 0 Å². The summed E-state index contributed by atoms with van der Waals surface area (Å²) in [5, 5.41) is 9.55. The molecular weight excluding hydrogens is 306 g/mol. The minimum Gasteiger partial charge on any atom is -0.444 e. The van der Waals surface area contributed by atoms with Gasteiger partial charge in [0, 0.05) is 22.2 Å². The van der Waals surface area contributed by atoms with E-state index in [0.29, 0.717) is 5.57 Å². The van der Waals surface area contributed by atoms with Gasteiger partial charge in [0.1, 0.15) is 17.4 Å². The quantitative estimate of drug-likeness (QED) is 0.928. The van der Waals surface area contributed by atoms with Crippen molar-refractivity contribution in [1.82, 2.24) is 4.98 Å². The number of nitrogens with zero attached hydrogens (tertiary/aromatic N) is 2. The van der Waals surface area contributed by atoms with Crippen molar-refractivity contribution in [2.24, 2.45) is 5.73 Å². The summed E-state index contributed by atoms with van der Waals surface area (Å²) < 4.78 is 5.60. The second-order valence-electron chi connectivity index (χ2n) is 5.04. The maximum absolute atomic E-state index is 9.55. The van der Waals surface area contributed by atoms with Gasteiger partial charge in [-0.15, -0.1) is 0 Å². The van der Waals surface area contributed by atoms with E-state index in [-0.39, 0.29) is 11.8 Å². The fourth-order valence-corrected chi connectivity index (χ4v) is 3.59. The Hall–Kier alpha value is -2.71. The van der Waals surface area contributed by atoms with Crippen molar-refractivity contribution >= 4 is 11.8 Å². The Morgan fingerprint density at radius 3 is 2.52 bits per heavy atom. The summed E-state index contributed by atoms with van der Waals surface area (Å²) in [4.78, 5) is 6.11. The molecule has 0 spiro atoms. The fraction of sp³-hybridized carbons (Fsp3) is 0.111. The van der Waals surface area contributed by atoms with Gasteiger partial charge in [0.25, 0.3) is 0 Å². The normalized spacial score (nSPS) is 17.7. The smallest absolute Gasteiger partial charge is 0.205 e. The molecule has 1 atom stereocenters. The molecule has 1 unspecified atom stereocenters. The number of nitrogens with two attached hydrogens (primary N) is 1. The van der Waals surface area contributed by atoms with Crippen LogP contribution in [0, 0.1) is 11.3 Å². The van der Waals surface area contributed by atoms with E-state index < -0.39 is 0 Å². The largest absolute Gasteiger partial charge is 0.444 e. The molecule has 0 saturated heterocycles. The molecule has 2 heterocycles. The molecular formula is C18H15N3OS. The molecule has 5 heteroatoms. The molecule has 0 aliphatic carbocycles. The zero-order valence-corrected chi connectivity index (χ0v) is 13.4. The minimum atomic E-state index is -0.234. The number of allylic oxidation sites excluding steroid dienone is 3. The van der Waals surface area contributed by atoms with Crippen LogP contribution >= 0.6 is 11.8 Å². The summed E-state index contributed by atoms with van der Waals surface area (Å²) in [6, 6.07) is 16.0. The molecule has 2 N–H and O–H groups in total. The summed E-state index contributed by atoms with van der Waals surface area (Å²) in [7, 11) is 0. The highest BCUT2D eigenvalue weighted by Gasteiger charge is 2.32. The molecule has 114 valence electrons. The molecule has 1 aromatic carbocycles. The SMILES string of the molecule is CC1=C(Sc2ccccc2)C(c2ccncc2)C(C#N)=C(N)O1. The maximum Gasteiger partial charge on any atom is 0.205 e. The minimum absolute atomic E-state index is 0.171. The Balaban J connectivity index is 2.07. The molecule has 2 aromatic rings. The number of pyridine rings is 1. The van der Waals surface area contributed by atoms with Gasteiger partial charge in [0.2, 0.25) is 5.88 Å². The zero-order chi connectivity index (χ0) is 16.2. The Bertz CT molecular complexity index is 807. The van der Waals surface area contributed by atoms with Crippen molar-refractivity contribution < 1.29 is 4.74 Å². The monoisotopic (exact) mass is 321 g/mol. The molecule has 1 aromatic heterocycles. The van der Waals surface area contributed by atoms with Crippen LogP contribution in [0.4, 0.5) is 0 Å². The van der Waals surface area contributed by atoms with E-state index in [4.69, 9.17) is 10.5 Å². The number of thioether (sulfide) groups is 1. The lowest BCUT2D eigenvalue weighted by Crippen LogP contribution is -2.19. The molecule has 23 heavy (non-hydrogen) atoms. The van der Waals surface area contributed by atoms with E-state index in [9.17, 15) is 5.26 Å². The Kier molecular flexibility index (Phi) is 4.35. The van der Waals surface area contributed by atoms with Crippen LogP contribution in [0.3, 0.4) is 0 Å².